The van der Waals surface area contributed by atoms with Gasteiger partial charge in [0.2, 0.25) is 0 Å². The molecule has 1 aliphatic rings. The number of rotatable bonds is 4. The molecule has 0 aliphatic carbocycles. The highest BCUT2D eigenvalue weighted by atomic mass is 31.2. The minimum absolute atomic E-state index is 0.536. The number of ether oxygens (including phenoxy) is 1. The van der Waals surface area contributed by atoms with E-state index < -0.39 is 39.0 Å². The Morgan fingerprint density at radius 1 is 1.27 bits per heavy atom. The smallest absolute Gasteiger partial charge is 0.387 e. The predicted molar refractivity (Wildman–Crippen MR) is 73.7 cm³/mol. The molecule has 2 heterocycles. The SMILES string of the molecule is O=P(O)(O)OC[C@H]1O[C@H](n2cnc3ccccc32)[C@H](O)[C@@H]1O. The Bertz CT molecular complexity index is 714. The number of fused-ring (bicyclic) bond motifs is 1. The van der Waals surface area contributed by atoms with Crippen LogP contribution in [0.25, 0.3) is 11.0 Å². The summed E-state index contributed by atoms with van der Waals surface area (Å²) in [4.78, 5) is 21.6. The summed E-state index contributed by atoms with van der Waals surface area (Å²) in [7, 11) is -4.68. The molecule has 1 saturated heterocycles. The van der Waals surface area contributed by atoms with Crippen LogP contribution in [0.2, 0.25) is 0 Å². The van der Waals surface area contributed by atoms with Gasteiger partial charge in [0.25, 0.3) is 0 Å². The van der Waals surface area contributed by atoms with Crippen LogP contribution < -0.4 is 0 Å². The van der Waals surface area contributed by atoms with Crippen LogP contribution in [0.5, 0.6) is 0 Å². The molecule has 9 nitrogen and oxygen atoms in total. The lowest BCUT2D eigenvalue weighted by Crippen LogP contribution is -2.33. The zero-order valence-electron chi connectivity index (χ0n) is 11.3. The fourth-order valence-electron chi connectivity index (χ4n) is 2.45. The predicted octanol–water partition coefficient (Wildman–Crippen LogP) is -0.235. The Morgan fingerprint density at radius 3 is 2.73 bits per heavy atom. The summed E-state index contributed by atoms with van der Waals surface area (Å²) in [5, 5.41) is 20.1. The minimum Gasteiger partial charge on any atom is -0.387 e. The normalized spacial score (nSPS) is 29.3. The van der Waals surface area contributed by atoms with Crippen molar-refractivity contribution in [1.29, 1.82) is 0 Å². The standard InChI is InChI=1S/C12H15N2O7P/c15-10-9(5-20-22(17,18)19)21-12(11(10)16)14-6-13-7-3-1-2-4-8(7)14/h1-4,6,9-12,15-16H,5H2,(H2,17,18,19)/t9-,10-,11-,12+/m1/s1. The van der Waals surface area contributed by atoms with Gasteiger partial charge in [-0.1, -0.05) is 12.1 Å². The molecule has 1 aromatic carbocycles. The molecule has 1 aromatic heterocycles. The van der Waals surface area contributed by atoms with Crippen LogP contribution in [0, 0.1) is 0 Å². The van der Waals surface area contributed by atoms with E-state index in [1.54, 1.807) is 22.8 Å². The molecule has 120 valence electrons. The Morgan fingerprint density at radius 2 is 2.00 bits per heavy atom. The molecule has 0 spiro atoms. The van der Waals surface area contributed by atoms with E-state index in [4.69, 9.17) is 14.5 Å². The van der Waals surface area contributed by atoms with Crippen LogP contribution in [-0.4, -0.2) is 54.5 Å². The first kappa shape index (κ1) is 15.6. The lowest BCUT2D eigenvalue weighted by atomic mass is 10.1. The van der Waals surface area contributed by atoms with E-state index in [-0.39, 0.29) is 0 Å². The molecule has 0 unspecified atom stereocenters. The van der Waals surface area contributed by atoms with Crippen molar-refractivity contribution in [1.82, 2.24) is 9.55 Å². The van der Waals surface area contributed by atoms with Gasteiger partial charge in [-0.25, -0.2) is 9.55 Å². The van der Waals surface area contributed by atoms with Gasteiger partial charge in [0.15, 0.2) is 6.23 Å². The van der Waals surface area contributed by atoms with Gasteiger partial charge >= 0.3 is 7.82 Å². The molecule has 1 fully saturated rings. The summed E-state index contributed by atoms with van der Waals surface area (Å²) in [6.07, 6.45) is -3.13. The molecule has 0 saturated carbocycles. The van der Waals surface area contributed by atoms with Gasteiger partial charge in [-0.3, -0.25) is 4.52 Å². The summed E-state index contributed by atoms with van der Waals surface area (Å²) < 4.78 is 22.1. The first-order valence-corrected chi connectivity index (χ1v) is 8.03. The monoisotopic (exact) mass is 330 g/mol. The highest BCUT2D eigenvalue weighted by Crippen LogP contribution is 2.38. The molecule has 4 atom stereocenters. The van der Waals surface area contributed by atoms with E-state index in [1.807, 2.05) is 6.07 Å². The van der Waals surface area contributed by atoms with E-state index in [2.05, 4.69) is 9.51 Å². The molecule has 0 amide bonds. The highest BCUT2D eigenvalue weighted by Gasteiger charge is 2.44. The summed E-state index contributed by atoms with van der Waals surface area (Å²) >= 11 is 0. The summed E-state index contributed by atoms with van der Waals surface area (Å²) in [6.45, 7) is -0.536. The van der Waals surface area contributed by atoms with Crippen molar-refractivity contribution in [3.63, 3.8) is 0 Å². The van der Waals surface area contributed by atoms with E-state index in [1.165, 1.54) is 6.33 Å². The van der Waals surface area contributed by atoms with Gasteiger partial charge in [-0.05, 0) is 12.1 Å². The number of phosphoric acid groups is 1. The molecule has 22 heavy (non-hydrogen) atoms. The second-order valence-electron chi connectivity index (χ2n) is 4.97. The molecule has 0 bridgehead atoms. The van der Waals surface area contributed by atoms with Gasteiger partial charge in [-0.15, -0.1) is 0 Å². The number of hydrogen-bond donors (Lipinski definition) is 4. The molecule has 4 N–H and O–H groups in total. The van der Waals surface area contributed by atoms with Crippen molar-refractivity contribution < 1.29 is 33.8 Å². The van der Waals surface area contributed by atoms with E-state index in [9.17, 15) is 14.8 Å². The molecule has 10 heteroatoms. The number of imidazole rings is 1. The van der Waals surface area contributed by atoms with Gasteiger partial charge in [-0.2, -0.15) is 0 Å². The van der Waals surface area contributed by atoms with Crippen molar-refractivity contribution >= 4 is 18.9 Å². The van der Waals surface area contributed by atoms with E-state index in [0.717, 1.165) is 0 Å². The summed E-state index contributed by atoms with van der Waals surface area (Å²) in [6, 6.07) is 7.19. The van der Waals surface area contributed by atoms with Crippen molar-refractivity contribution in [2.24, 2.45) is 0 Å². The Balaban J connectivity index is 1.82. The van der Waals surface area contributed by atoms with Gasteiger partial charge in [0.05, 0.1) is 24.0 Å². The first-order valence-electron chi connectivity index (χ1n) is 6.50. The van der Waals surface area contributed by atoms with Crippen LogP contribution >= 0.6 is 7.82 Å². The molecule has 3 rings (SSSR count). The highest BCUT2D eigenvalue weighted by molar-refractivity contribution is 7.46. The zero-order chi connectivity index (χ0) is 15.9. The number of aliphatic hydroxyl groups excluding tert-OH is 2. The summed E-state index contributed by atoms with van der Waals surface area (Å²) in [5.41, 5.74) is 1.40. The number of aliphatic hydroxyl groups is 2. The van der Waals surface area contributed by atoms with Crippen LogP contribution in [0.1, 0.15) is 6.23 Å². The average Bonchev–Trinajstić information content (AvgIpc) is 3.00. The second kappa shape index (κ2) is 5.71. The molecular weight excluding hydrogens is 315 g/mol. The number of hydrogen-bond acceptors (Lipinski definition) is 6. The number of aromatic nitrogens is 2. The maximum absolute atomic E-state index is 10.7. The Hall–Kier alpha value is -1.32. The van der Waals surface area contributed by atoms with Crippen molar-refractivity contribution in [3.05, 3.63) is 30.6 Å². The molecular formula is C12H15N2O7P. The topological polar surface area (TPSA) is 134 Å². The summed E-state index contributed by atoms with van der Waals surface area (Å²) in [5.74, 6) is 0. The minimum atomic E-state index is -4.68. The largest absolute Gasteiger partial charge is 0.469 e. The number of phosphoric ester groups is 1. The third-order valence-electron chi connectivity index (χ3n) is 3.50. The van der Waals surface area contributed by atoms with Crippen molar-refractivity contribution in [2.75, 3.05) is 6.61 Å². The fraction of sp³-hybridized carbons (Fsp3) is 0.417. The van der Waals surface area contributed by atoms with Crippen LogP contribution in [0.4, 0.5) is 0 Å². The van der Waals surface area contributed by atoms with Gasteiger partial charge < -0.3 is 29.3 Å². The Kier molecular flexibility index (Phi) is 4.04. The lowest BCUT2D eigenvalue weighted by Gasteiger charge is -2.17. The number of para-hydroxylation sites is 2. The molecule has 0 radical (unpaired) electrons. The number of nitrogens with zero attached hydrogens (tertiary/aromatic N) is 2. The zero-order valence-corrected chi connectivity index (χ0v) is 12.2. The van der Waals surface area contributed by atoms with Crippen LogP contribution in [-0.2, 0) is 13.8 Å². The first-order chi connectivity index (χ1) is 10.4. The number of benzene rings is 1. The van der Waals surface area contributed by atoms with Crippen LogP contribution in [0.3, 0.4) is 0 Å². The van der Waals surface area contributed by atoms with Crippen LogP contribution in [0.15, 0.2) is 30.6 Å². The molecule has 2 aromatic rings. The van der Waals surface area contributed by atoms with Crippen molar-refractivity contribution in [2.45, 2.75) is 24.5 Å². The van der Waals surface area contributed by atoms with Gasteiger partial charge in [0, 0.05) is 0 Å². The van der Waals surface area contributed by atoms with Crippen molar-refractivity contribution in [3.8, 4) is 0 Å². The third kappa shape index (κ3) is 2.92. The maximum Gasteiger partial charge on any atom is 0.469 e. The van der Waals surface area contributed by atoms with E-state index >= 15 is 0 Å². The van der Waals surface area contributed by atoms with Gasteiger partial charge in [0.1, 0.15) is 18.3 Å². The molecule has 1 aliphatic heterocycles. The van der Waals surface area contributed by atoms with E-state index in [0.29, 0.717) is 11.0 Å². The lowest BCUT2D eigenvalue weighted by molar-refractivity contribution is -0.0501. The second-order valence-corrected chi connectivity index (χ2v) is 6.21. The quantitative estimate of drug-likeness (QED) is 0.565. The average molecular weight is 330 g/mol. The fourth-order valence-corrected chi connectivity index (χ4v) is 2.79. The third-order valence-corrected chi connectivity index (χ3v) is 3.98. The maximum atomic E-state index is 10.7. The Labute approximate surface area is 125 Å².